The summed E-state index contributed by atoms with van der Waals surface area (Å²) in [6.07, 6.45) is -0.230. The van der Waals surface area contributed by atoms with E-state index in [1.54, 1.807) is 24.3 Å². The van der Waals surface area contributed by atoms with Crippen molar-refractivity contribution in [2.75, 3.05) is 28.9 Å². The topological polar surface area (TPSA) is 105 Å². The lowest BCUT2D eigenvalue weighted by Gasteiger charge is -2.34. The fourth-order valence-electron chi connectivity index (χ4n) is 5.12. The molecule has 4 aromatic carbocycles. The second kappa shape index (κ2) is 11.6. The maximum Gasteiger partial charge on any atom is 0.265 e. The first-order chi connectivity index (χ1) is 20.4. The molecular formula is C32H29N3O6S. The lowest BCUT2D eigenvalue weighted by atomic mass is 10.1. The van der Waals surface area contributed by atoms with Gasteiger partial charge in [0.05, 0.1) is 22.8 Å². The highest BCUT2D eigenvalue weighted by Crippen LogP contribution is 2.34. The van der Waals surface area contributed by atoms with Crippen molar-refractivity contribution in [3.8, 4) is 11.5 Å². The second-order valence-corrected chi connectivity index (χ2v) is 11.9. The smallest absolute Gasteiger partial charge is 0.265 e. The van der Waals surface area contributed by atoms with Gasteiger partial charge < -0.3 is 19.7 Å². The molecule has 42 heavy (non-hydrogen) atoms. The average molecular weight is 584 g/mol. The third-order valence-corrected chi connectivity index (χ3v) is 9.12. The van der Waals surface area contributed by atoms with E-state index in [0.29, 0.717) is 42.4 Å². The molecule has 0 saturated heterocycles. The van der Waals surface area contributed by atoms with Crippen LogP contribution in [0.2, 0.25) is 0 Å². The average Bonchev–Trinajstić information content (AvgIpc) is 3.48. The molecular weight excluding hydrogens is 554 g/mol. The minimum Gasteiger partial charge on any atom is -0.484 e. The van der Waals surface area contributed by atoms with Crippen molar-refractivity contribution < 1.29 is 27.5 Å². The van der Waals surface area contributed by atoms with Crippen LogP contribution < -0.4 is 24.0 Å². The molecule has 10 heteroatoms. The van der Waals surface area contributed by atoms with E-state index >= 15 is 0 Å². The third kappa shape index (κ3) is 5.53. The first kappa shape index (κ1) is 27.3. The number of ether oxygens (including phenoxy) is 2. The number of nitrogens with zero attached hydrogens (tertiary/aromatic N) is 2. The van der Waals surface area contributed by atoms with Crippen LogP contribution in [-0.2, 0) is 32.6 Å². The van der Waals surface area contributed by atoms with Gasteiger partial charge in [0.15, 0.2) is 12.7 Å². The number of sulfonamides is 1. The van der Waals surface area contributed by atoms with Gasteiger partial charge in [-0.05, 0) is 60.0 Å². The van der Waals surface area contributed by atoms with Gasteiger partial charge in [-0.25, -0.2) is 8.42 Å². The fourth-order valence-corrected chi connectivity index (χ4v) is 6.62. The number of para-hydroxylation sites is 3. The number of amides is 2. The van der Waals surface area contributed by atoms with Gasteiger partial charge in [-0.2, -0.15) is 0 Å². The summed E-state index contributed by atoms with van der Waals surface area (Å²) in [6, 6.07) is 30.1. The van der Waals surface area contributed by atoms with Crippen LogP contribution >= 0.6 is 0 Å². The Bertz CT molecular complexity index is 1710. The molecule has 6 rings (SSSR count). The Kier molecular flexibility index (Phi) is 7.54. The van der Waals surface area contributed by atoms with Crippen molar-refractivity contribution in [2.45, 2.75) is 24.0 Å². The van der Waals surface area contributed by atoms with E-state index in [1.165, 1.54) is 33.5 Å². The zero-order chi connectivity index (χ0) is 29.1. The standard InChI is InChI=1S/C32H29N3O6S/c36-31(22-40-25-14-16-26(17-15-25)42(38,39)35-19-18-24-10-4-5-11-27(24)35)34-21-30(41-29-13-7-6-12-28(29)34)32(37)33-20-23-8-2-1-3-9-23/h1-17,30H,18-22H2,(H,33,37)/t30-/m1/s1. The first-order valence-corrected chi connectivity index (χ1v) is 15.1. The molecule has 1 atom stereocenters. The summed E-state index contributed by atoms with van der Waals surface area (Å²) in [5.41, 5.74) is 3.19. The molecule has 0 unspecified atom stereocenters. The molecule has 9 nitrogen and oxygen atoms in total. The second-order valence-electron chi connectivity index (χ2n) is 10.00. The van der Waals surface area contributed by atoms with Crippen LogP contribution in [0.5, 0.6) is 11.5 Å². The van der Waals surface area contributed by atoms with Gasteiger partial charge in [0.1, 0.15) is 11.5 Å². The number of benzene rings is 4. The van der Waals surface area contributed by atoms with Crippen molar-refractivity contribution in [1.29, 1.82) is 0 Å². The van der Waals surface area contributed by atoms with Crippen molar-refractivity contribution >= 4 is 33.2 Å². The molecule has 4 aromatic rings. The molecule has 0 radical (unpaired) electrons. The summed E-state index contributed by atoms with van der Waals surface area (Å²) < 4.78 is 39.7. The lowest BCUT2D eigenvalue weighted by molar-refractivity contribution is -0.128. The lowest BCUT2D eigenvalue weighted by Crippen LogP contribution is -2.51. The zero-order valence-corrected chi connectivity index (χ0v) is 23.5. The van der Waals surface area contributed by atoms with Crippen molar-refractivity contribution in [3.63, 3.8) is 0 Å². The van der Waals surface area contributed by atoms with E-state index in [4.69, 9.17) is 9.47 Å². The largest absolute Gasteiger partial charge is 0.484 e. The van der Waals surface area contributed by atoms with Gasteiger partial charge in [0, 0.05) is 13.1 Å². The summed E-state index contributed by atoms with van der Waals surface area (Å²) in [6.45, 7) is 0.446. The van der Waals surface area contributed by atoms with Crippen LogP contribution in [0.1, 0.15) is 11.1 Å². The van der Waals surface area contributed by atoms with Crippen LogP contribution in [0.4, 0.5) is 11.4 Å². The summed E-state index contributed by atoms with van der Waals surface area (Å²) in [5, 5.41) is 2.87. The summed E-state index contributed by atoms with van der Waals surface area (Å²) in [7, 11) is -3.74. The quantitative estimate of drug-likeness (QED) is 0.337. The Hall–Kier alpha value is -4.83. The minimum absolute atomic E-state index is 0.0221. The molecule has 2 aliphatic heterocycles. The van der Waals surface area contributed by atoms with Crippen LogP contribution in [-0.4, -0.2) is 46.0 Å². The van der Waals surface area contributed by atoms with E-state index in [0.717, 1.165) is 11.1 Å². The fraction of sp³-hybridized carbons (Fsp3) is 0.188. The highest BCUT2D eigenvalue weighted by Gasteiger charge is 2.34. The minimum atomic E-state index is -3.74. The Morgan fingerprint density at radius 2 is 1.55 bits per heavy atom. The predicted molar refractivity (Wildman–Crippen MR) is 158 cm³/mol. The number of carbonyl (C=O) groups excluding carboxylic acids is 2. The number of nitrogens with one attached hydrogen (secondary N) is 1. The Balaban J connectivity index is 1.11. The van der Waals surface area contributed by atoms with Gasteiger partial charge in [-0.1, -0.05) is 60.7 Å². The van der Waals surface area contributed by atoms with Crippen molar-refractivity contribution in [2.24, 2.45) is 0 Å². The molecule has 2 amide bonds. The van der Waals surface area contributed by atoms with Gasteiger partial charge in [-0.3, -0.25) is 13.9 Å². The number of fused-ring (bicyclic) bond motifs is 2. The molecule has 0 bridgehead atoms. The predicted octanol–water partition coefficient (Wildman–Crippen LogP) is 3.93. The Morgan fingerprint density at radius 3 is 2.33 bits per heavy atom. The highest BCUT2D eigenvalue weighted by molar-refractivity contribution is 7.92. The Labute approximate surface area is 244 Å². The first-order valence-electron chi connectivity index (χ1n) is 13.6. The Morgan fingerprint density at radius 1 is 0.857 bits per heavy atom. The molecule has 214 valence electrons. The monoisotopic (exact) mass is 583 g/mol. The van der Waals surface area contributed by atoms with E-state index in [-0.39, 0.29) is 29.9 Å². The van der Waals surface area contributed by atoms with Crippen LogP contribution in [0, 0.1) is 0 Å². The number of hydrogen-bond donors (Lipinski definition) is 1. The molecule has 0 spiro atoms. The van der Waals surface area contributed by atoms with Crippen molar-refractivity contribution in [1.82, 2.24) is 5.32 Å². The number of rotatable bonds is 8. The van der Waals surface area contributed by atoms with Gasteiger partial charge in [-0.15, -0.1) is 0 Å². The summed E-state index contributed by atoms with van der Waals surface area (Å²) >= 11 is 0. The maximum atomic E-state index is 13.3. The number of anilines is 2. The third-order valence-electron chi connectivity index (χ3n) is 7.30. The molecule has 2 heterocycles. The SMILES string of the molecule is O=C(NCc1ccccc1)[C@H]1CN(C(=O)COc2ccc(S(=O)(=O)N3CCc4ccccc43)cc2)c2ccccc2O1. The molecule has 0 aliphatic carbocycles. The molecule has 0 fully saturated rings. The molecule has 0 aromatic heterocycles. The maximum absolute atomic E-state index is 13.3. The summed E-state index contributed by atoms with van der Waals surface area (Å²) in [5.74, 6) is 0.0827. The number of carbonyl (C=O) groups is 2. The molecule has 2 aliphatic rings. The van der Waals surface area contributed by atoms with E-state index in [9.17, 15) is 18.0 Å². The highest BCUT2D eigenvalue weighted by atomic mass is 32.2. The van der Waals surface area contributed by atoms with E-state index < -0.39 is 16.1 Å². The van der Waals surface area contributed by atoms with Crippen molar-refractivity contribution in [3.05, 3.63) is 114 Å². The van der Waals surface area contributed by atoms with Crippen LogP contribution in [0.25, 0.3) is 0 Å². The zero-order valence-electron chi connectivity index (χ0n) is 22.7. The van der Waals surface area contributed by atoms with Gasteiger partial charge in [0.25, 0.3) is 21.8 Å². The van der Waals surface area contributed by atoms with Gasteiger partial charge in [0.2, 0.25) is 0 Å². The summed E-state index contributed by atoms with van der Waals surface area (Å²) in [4.78, 5) is 27.9. The van der Waals surface area contributed by atoms with E-state index in [1.807, 2.05) is 54.6 Å². The molecule has 0 saturated carbocycles. The van der Waals surface area contributed by atoms with Gasteiger partial charge >= 0.3 is 0 Å². The normalized spacial score (nSPS) is 15.8. The van der Waals surface area contributed by atoms with Crippen LogP contribution in [0.3, 0.4) is 0 Å². The number of hydrogen-bond acceptors (Lipinski definition) is 6. The van der Waals surface area contributed by atoms with Crippen LogP contribution in [0.15, 0.2) is 108 Å². The van der Waals surface area contributed by atoms with E-state index in [2.05, 4.69) is 5.32 Å². The molecule has 1 N–H and O–H groups in total.